The van der Waals surface area contributed by atoms with Gasteiger partial charge in [-0.05, 0) is 32.1 Å². The number of unbranched alkanes of at least 4 members (excludes halogenated alkanes) is 11. The molecule has 6 heteroatoms. The maximum Gasteiger partial charge on any atom is 0.305 e. The lowest BCUT2D eigenvalue weighted by atomic mass is 10.0. The molecular weight excluding hydrogens is 456 g/mol. The number of hydrogen-bond donors (Lipinski definition) is 3. The smallest absolute Gasteiger partial charge is 0.305 e. The quantitative estimate of drug-likeness (QED) is 0.112. The van der Waals surface area contributed by atoms with Gasteiger partial charge in [-0.25, -0.2) is 0 Å². The second-order valence-electron chi connectivity index (χ2n) is 10.6. The van der Waals surface area contributed by atoms with Crippen LogP contribution in [-0.2, 0) is 14.3 Å². The largest absolute Gasteiger partial charge is 0.463 e. The van der Waals surface area contributed by atoms with Crippen molar-refractivity contribution in [2.45, 2.75) is 160 Å². The monoisotopic (exact) mass is 512 g/mol. The molecule has 0 spiro atoms. The van der Waals surface area contributed by atoms with E-state index in [9.17, 15) is 20.1 Å². The maximum absolute atomic E-state index is 11.7. The highest BCUT2D eigenvalue weighted by Crippen LogP contribution is 2.18. The van der Waals surface area contributed by atoms with E-state index in [0.717, 1.165) is 25.7 Å². The number of rotatable bonds is 18. The summed E-state index contributed by atoms with van der Waals surface area (Å²) < 4.78 is 10.2. The van der Waals surface area contributed by atoms with E-state index in [1.54, 1.807) is 0 Å². The summed E-state index contributed by atoms with van der Waals surface area (Å²) in [7, 11) is 0. The van der Waals surface area contributed by atoms with Gasteiger partial charge in [-0.15, -0.1) is 0 Å². The average Bonchev–Trinajstić information content (AvgIpc) is 3.24. The van der Waals surface area contributed by atoms with Crippen LogP contribution in [0, 0.1) is 0 Å². The maximum atomic E-state index is 11.7. The van der Waals surface area contributed by atoms with Gasteiger partial charge in [-0.1, -0.05) is 109 Å². The minimum Gasteiger partial charge on any atom is -0.463 e. The van der Waals surface area contributed by atoms with Gasteiger partial charge in [0.05, 0.1) is 6.61 Å². The van der Waals surface area contributed by atoms with Gasteiger partial charge in [0, 0.05) is 6.42 Å². The third-order valence-electron chi connectivity index (χ3n) is 7.13. The van der Waals surface area contributed by atoms with Crippen LogP contribution in [0.1, 0.15) is 135 Å². The SMILES string of the molecule is C1CCCCC1.CCCCCCCC/C=C\CCCCCCCC(=O)OCC(O)[C@H]1OC[C@H](O)[C@H]1O. The Morgan fingerprint density at radius 2 is 1.33 bits per heavy atom. The Morgan fingerprint density at radius 1 is 0.833 bits per heavy atom. The fourth-order valence-electron chi connectivity index (χ4n) is 4.71. The van der Waals surface area contributed by atoms with E-state index in [1.807, 2.05) is 0 Å². The van der Waals surface area contributed by atoms with E-state index in [2.05, 4.69) is 19.1 Å². The Balaban J connectivity index is 0.000000936. The zero-order chi connectivity index (χ0) is 26.3. The van der Waals surface area contributed by atoms with Gasteiger partial charge < -0.3 is 24.8 Å². The van der Waals surface area contributed by atoms with E-state index in [-0.39, 0.29) is 19.2 Å². The molecule has 0 aromatic rings. The lowest BCUT2D eigenvalue weighted by Crippen LogP contribution is -2.41. The van der Waals surface area contributed by atoms with Crippen molar-refractivity contribution < 1.29 is 29.6 Å². The number of carbonyl (C=O) groups excluding carboxylic acids is 1. The predicted molar refractivity (Wildman–Crippen MR) is 146 cm³/mol. The summed E-state index contributed by atoms with van der Waals surface area (Å²) >= 11 is 0. The molecule has 1 aliphatic carbocycles. The number of allylic oxidation sites excluding steroid dienone is 2. The normalized spacial score (nSPS) is 22.8. The third-order valence-corrected chi connectivity index (χ3v) is 7.13. The second-order valence-corrected chi connectivity index (χ2v) is 10.6. The van der Waals surface area contributed by atoms with Crippen LogP contribution in [0.15, 0.2) is 12.2 Å². The topological polar surface area (TPSA) is 96.2 Å². The molecule has 4 atom stereocenters. The van der Waals surface area contributed by atoms with Crippen molar-refractivity contribution in [3.63, 3.8) is 0 Å². The first kappa shape index (κ1) is 33.1. The minimum atomic E-state index is -1.15. The molecule has 0 bridgehead atoms. The lowest BCUT2D eigenvalue weighted by molar-refractivity contribution is -0.151. The number of esters is 1. The second kappa shape index (κ2) is 23.2. The molecule has 1 saturated carbocycles. The third kappa shape index (κ3) is 17.5. The zero-order valence-corrected chi connectivity index (χ0v) is 23.1. The molecule has 1 heterocycles. The summed E-state index contributed by atoms with van der Waals surface area (Å²) in [4.78, 5) is 11.7. The van der Waals surface area contributed by atoms with Crippen LogP contribution in [-0.4, -0.2) is 58.9 Å². The summed E-state index contributed by atoms with van der Waals surface area (Å²) in [6.45, 7) is 2.00. The first-order chi connectivity index (χ1) is 17.6. The Kier molecular flexibility index (Phi) is 21.3. The van der Waals surface area contributed by atoms with E-state index in [1.165, 1.54) is 96.3 Å². The van der Waals surface area contributed by atoms with Crippen molar-refractivity contribution in [3.8, 4) is 0 Å². The number of carbonyl (C=O) groups is 1. The minimum absolute atomic E-state index is 0.0221. The fourth-order valence-corrected chi connectivity index (χ4v) is 4.71. The van der Waals surface area contributed by atoms with Crippen LogP contribution in [0.4, 0.5) is 0 Å². The molecule has 2 rings (SSSR count). The Labute approximate surface area is 220 Å². The summed E-state index contributed by atoms with van der Waals surface area (Å²) in [5.41, 5.74) is 0. The molecule has 0 amide bonds. The lowest BCUT2D eigenvalue weighted by Gasteiger charge is -2.20. The van der Waals surface area contributed by atoms with Crippen LogP contribution in [0.25, 0.3) is 0 Å². The highest BCUT2D eigenvalue weighted by Gasteiger charge is 2.39. The number of ether oxygens (including phenoxy) is 2. The van der Waals surface area contributed by atoms with Crippen LogP contribution in [0.3, 0.4) is 0 Å². The average molecular weight is 513 g/mol. The van der Waals surface area contributed by atoms with E-state index >= 15 is 0 Å². The Bertz CT molecular complexity index is 522. The standard InChI is InChI=1S/C24H44O6.C6H12/c1-2-3-4-5-6-7-8-9-10-11-12-13-14-15-16-17-22(27)29-19-21(26)24-23(28)20(25)18-30-24;1-2-4-6-5-3-1/h9-10,20-21,23-26,28H,2-8,11-19H2,1H3;1-6H2/b10-9-;/t20-,21?,23+,24+;/m0./s1. The van der Waals surface area contributed by atoms with E-state index in [0.29, 0.717) is 6.42 Å². The Morgan fingerprint density at radius 3 is 1.83 bits per heavy atom. The summed E-state index contributed by atoms with van der Waals surface area (Å²) in [5.74, 6) is -0.347. The van der Waals surface area contributed by atoms with E-state index < -0.39 is 24.4 Å². The van der Waals surface area contributed by atoms with Gasteiger partial charge in [-0.3, -0.25) is 4.79 Å². The highest BCUT2D eigenvalue weighted by atomic mass is 16.6. The highest BCUT2D eigenvalue weighted by molar-refractivity contribution is 5.69. The van der Waals surface area contributed by atoms with E-state index in [4.69, 9.17) is 9.47 Å². The molecule has 1 aliphatic heterocycles. The van der Waals surface area contributed by atoms with Gasteiger partial charge in [0.1, 0.15) is 31.0 Å². The zero-order valence-electron chi connectivity index (χ0n) is 23.1. The molecule has 2 aliphatic rings. The van der Waals surface area contributed by atoms with Gasteiger partial charge >= 0.3 is 5.97 Å². The van der Waals surface area contributed by atoms with Crippen molar-refractivity contribution in [2.24, 2.45) is 0 Å². The number of hydrogen-bond acceptors (Lipinski definition) is 6. The van der Waals surface area contributed by atoms with Crippen LogP contribution in [0.5, 0.6) is 0 Å². The molecule has 2 fully saturated rings. The summed E-state index contributed by atoms with van der Waals surface area (Å²) in [6.07, 6.45) is 25.5. The van der Waals surface area contributed by atoms with Crippen molar-refractivity contribution in [3.05, 3.63) is 12.2 Å². The molecule has 212 valence electrons. The summed E-state index contributed by atoms with van der Waals surface area (Å²) in [6, 6.07) is 0. The molecule has 1 saturated heterocycles. The molecule has 36 heavy (non-hydrogen) atoms. The molecule has 0 aromatic heterocycles. The Hall–Kier alpha value is -0.950. The van der Waals surface area contributed by atoms with Crippen LogP contribution >= 0.6 is 0 Å². The van der Waals surface area contributed by atoms with Crippen molar-refractivity contribution in [1.82, 2.24) is 0 Å². The van der Waals surface area contributed by atoms with Gasteiger partial charge in [-0.2, -0.15) is 0 Å². The van der Waals surface area contributed by atoms with Crippen molar-refractivity contribution >= 4 is 5.97 Å². The number of aliphatic hydroxyl groups excluding tert-OH is 3. The van der Waals surface area contributed by atoms with Gasteiger partial charge in [0.2, 0.25) is 0 Å². The molecule has 0 radical (unpaired) electrons. The van der Waals surface area contributed by atoms with Crippen molar-refractivity contribution in [2.75, 3.05) is 13.2 Å². The molecular formula is C30H56O6. The first-order valence-electron chi connectivity index (χ1n) is 15.0. The molecule has 0 aromatic carbocycles. The molecule has 3 N–H and O–H groups in total. The fraction of sp³-hybridized carbons (Fsp3) is 0.900. The van der Waals surface area contributed by atoms with Gasteiger partial charge in [0.15, 0.2) is 0 Å². The summed E-state index contributed by atoms with van der Waals surface area (Å²) in [5, 5.41) is 29.0. The predicted octanol–water partition coefficient (Wildman–Crippen LogP) is 6.39. The van der Waals surface area contributed by atoms with Crippen LogP contribution < -0.4 is 0 Å². The van der Waals surface area contributed by atoms with Crippen molar-refractivity contribution in [1.29, 1.82) is 0 Å². The molecule has 6 nitrogen and oxygen atoms in total. The molecule has 1 unspecified atom stereocenters. The number of aliphatic hydroxyl groups is 3. The van der Waals surface area contributed by atoms with Gasteiger partial charge in [0.25, 0.3) is 0 Å². The van der Waals surface area contributed by atoms with Crippen LogP contribution in [0.2, 0.25) is 0 Å². The first-order valence-corrected chi connectivity index (χ1v) is 15.0.